The molecule has 1 saturated carbocycles. The van der Waals surface area contributed by atoms with Crippen LogP contribution >= 0.6 is 0 Å². The number of halogens is 4. The highest BCUT2D eigenvalue weighted by atomic mass is 19.3. The van der Waals surface area contributed by atoms with E-state index in [1.807, 2.05) is 12.2 Å². The fourth-order valence-corrected chi connectivity index (χ4v) is 4.81. The molecule has 0 N–H and O–H groups in total. The summed E-state index contributed by atoms with van der Waals surface area (Å²) in [7, 11) is 0. The summed E-state index contributed by atoms with van der Waals surface area (Å²) in [6, 6.07) is 0. The Balaban J connectivity index is 1.61. The number of hydrogen-bond donors (Lipinski definition) is 0. The van der Waals surface area contributed by atoms with Gasteiger partial charge in [-0.2, -0.15) is 17.6 Å². The van der Waals surface area contributed by atoms with Crippen LogP contribution in [-0.2, 0) is 9.47 Å². The molecule has 3 saturated heterocycles. The van der Waals surface area contributed by atoms with Gasteiger partial charge < -0.3 is 9.47 Å². The maximum atomic E-state index is 13.5. The lowest BCUT2D eigenvalue weighted by atomic mass is 9.53. The average Bonchev–Trinajstić information content (AvgIpc) is 3.04. The molecule has 18 heavy (non-hydrogen) atoms. The molecule has 5 rings (SSSR count). The van der Waals surface area contributed by atoms with Crippen LogP contribution < -0.4 is 0 Å². The molecule has 0 aromatic carbocycles. The van der Waals surface area contributed by atoms with Gasteiger partial charge in [-0.05, 0) is 0 Å². The summed E-state index contributed by atoms with van der Waals surface area (Å²) < 4.78 is 65.3. The fourth-order valence-electron chi connectivity index (χ4n) is 4.81. The summed E-state index contributed by atoms with van der Waals surface area (Å²) in [5.74, 6) is -10.8. The summed E-state index contributed by atoms with van der Waals surface area (Å²) >= 11 is 0. The Morgan fingerprint density at radius 3 is 1.61 bits per heavy atom. The Kier molecular flexibility index (Phi) is 1.42. The van der Waals surface area contributed by atoms with Crippen LogP contribution in [0.15, 0.2) is 12.2 Å². The van der Waals surface area contributed by atoms with E-state index in [2.05, 4.69) is 0 Å². The van der Waals surface area contributed by atoms with Gasteiger partial charge in [-0.25, -0.2) is 0 Å². The second kappa shape index (κ2) is 2.50. The van der Waals surface area contributed by atoms with Crippen molar-refractivity contribution in [2.75, 3.05) is 0 Å². The zero-order valence-electron chi connectivity index (χ0n) is 9.10. The second-order valence-corrected chi connectivity index (χ2v) is 5.97. The van der Waals surface area contributed by atoms with Crippen LogP contribution in [0.4, 0.5) is 17.6 Å². The molecule has 0 aromatic heterocycles. The van der Waals surface area contributed by atoms with Crippen LogP contribution in [0.5, 0.6) is 0 Å². The predicted octanol–water partition coefficient (Wildman–Crippen LogP) is 1.85. The molecule has 1 aliphatic carbocycles. The van der Waals surface area contributed by atoms with E-state index in [1.165, 1.54) is 0 Å². The van der Waals surface area contributed by atoms with Gasteiger partial charge in [0.25, 0.3) is 0 Å². The molecule has 0 unspecified atom stereocenters. The van der Waals surface area contributed by atoms with Crippen LogP contribution in [0.2, 0.25) is 0 Å². The molecule has 0 amide bonds. The fraction of sp³-hybridized carbons (Fsp3) is 0.833. The van der Waals surface area contributed by atoms with Crippen molar-refractivity contribution in [1.29, 1.82) is 0 Å². The van der Waals surface area contributed by atoms with E-state index < -0.39 is 35.9 Å². The largest absolute Gasteiger partial charge is 0.373 e. The number of hydrogen-bond acceptors (Lipinski definition) is 2. The second-order valence-electron chi connectivity index (χ2n) is 5.97. The first kappa shape index (κ1) is 10.2. The van der Waals surface area contributed by atoms with Gasteiger partial charge in [-0.15, -0.1) is 0 Å². The van der Waals surface area contributed by atoms with Crippen molar-refractivity contribution in [3.05, 3.63) is 12.2 Å². The normalized spacial score (nSPS) is 63.8. The summed E-state index contributed by atoms with van der Waals surface area (Å²) in [4.78, 5) is 0. The maximum absolute atomic E-state index is 13.5. The van der Waals surface area contributed by atoms with Gasteiger partial charge in [0.2, 0.25) is 0 Å². The van der Waals surface area contributed by atoms with Crippen molar-refractivity contribution in [3.8, 4) is 0 Å². The molecule has 5 aliphatic rings. The minimum atomic E-state index is -3.92. The third-order valence-electron chi connectivity index (χ3n) is 5.46. The quantitative estimate of drug-likeness (QED) is 0.490. The Bertz CT molecular complexity index is 437. The molecule has 0 spiro atoms. The molecule has 0 aromatic rings. The van der Waals surface area contributed by atoms with E-state index in [0.29, 0.717) is 0 Å². The molecule has 4 fully saturated rings. The highest BCUT2D eigenvalue weighted by molar-refractivity contribution is 5.30. The van der Waals surface area contributed by atoms with Crippen LogP contribution in [0.25, 0.3) is 0 Å². The molecule has 6 heteroatoms. The van der Waals surface area contributed by atoms with Gasteiger partial charge in [-0.1, -0.05) is 12.2 Å². The summed E-state index contributed by atoms with van der Waals surface area (Å²) in [5, 5.41) is 0. The van der Waals surface area contributed by atoms with Crippen molar-refractivity contribution in [2.45, 2.75) is 36.3 Å². The van der Waals surface area contributed by atoms with E-state index in [9.17, 15) is 17.6 Å². The molecular weight excluding hydrogens is 252 g/mol. The Morgan fingerprint density at radius 2 is 1.17 bits per heavy atom. The standard InChI is InChI=1S/C12H10F4O2/c13-11(14)7-8(12(11,15)16)10-6-4-2-1-3(17-4)5(6)9(7)18-10/h1-10H/t3-,4-,5-,6+,7+,8+,9-,10-/m1/s1. The topological polar surface area (TPSA) is 18.5 Å². The maximum Gasteiger partial charge on any atom is 0.316 e. The first-order valence-electron chi connectivity index (χ1n) is 6.19. The van der Waals surface area contributed by atoms with Crippen LogP contribution in [0, 0.1) is 23.7 Å². The molecule has 4 bridgehead atoms. The SMILES string of the molecule is FC1(F)[C@@H]2[C@@H]3O[C@H]([C@H]4[C@@H]3[C@H]3C=C[C@H]4O3)[C@H]2C1(F)F. The van der Waals surface area contributed by atoms with E-state index in [4.69, 9.17) is 9.47 Å². The van der Waals surface area contributed by atoms with Gasteiger partial charge >= 0.3 is 11.8 Å². The van der Waals surface area contributed by atoms with Gasteiger partial charge in [0.15, 0.2) is 0 Å². The lowest BCUT2D eigenvalue weighted by molar-refractivity contribution is -0.358. The van der Waals surface area contributed by atoms with Crippen LogP contribution in [0.1, 0.15) is 0 Å². The van der Waals surface area contributed by atoms with Gasteiger partial charge in [0.1, 0.15) is 0 Å². The van der Waals surface area contributed by atoms with Crippen LogP contribution in [0.3, 0.4) is 0 Å². The van der Waals surface area contributed by atoms with E-state index >= 15 is 0 Å². The minimum absolute atomic E-state index is 0.159. The van der Waals surface area contributed by atoms with E-state index in [0.717, 1.165) is 0 Å². The molecule has 2 nitrogen and oxygen atoms in total. The number of fused-ring (bicyclic) bond motifs is 12. The zero-order valence-corrected chi connectivity index (χ0v) is 9.10. The number of ether oxygens (including phenoxy) is 2. The zero-order chi connectivity index (χ0) is 12.4. The molecule has 4 aliphatic heterocycles. The van der Waals surface area contributed by atoms with Crippen molar-refractivity contribution < 1.29 is 27.0 Å². The lowest BCUT2D eigenvalue weighted by Gasteiger charge is -2.53. The third kappa shape index (κ3) is 0.744. The average molecular weight is 262 g/mol. The molecule has 0 radical (unpaired) electrons. The van der Waals surface area contributed by atoms with E-state index in [-0.39, 0.29) is 24.0 Å². The first-order valence-corrected chi connectivity index (χ1v) is 6.19. The van der Waals surface area contributed by atoms with Crippen molar-refractivity contribution in [3.63, 3.8) is 0 Å². The van der Waals surface area contributed by atoms with Crippen molar-refractivity contribution >= 4 is 0 Å². The Hall–Kier alpha value is -0.620. The van der Waals surface area contributed by atoms with Gasteiger partial charge in [-0.3, -0.25) is 0 Å². The number of rotatable bonds is 0. The monoisotopic (exact) mass is 262 g/mol. The highest BCUT2D eigenvalue weighted by Gasteiger charge is 2.89. The van der Waals surface area contributed by atoms with Gasteiger partial charge in [0.05, 0.1) is 36.3 Å². The third-order valence-corrected chi connectivity index (χ3v) is 5.46. The number of alkyl halides is 4. The molecular formula is C12H10F4O2. The summed E-state index contributed by atoms with van der Waals surface area (Å²) in [6.45, 7) is 0. The smallest absolute Gasteiger partial charge is 0.316 e. The minimum Gasteiger partial charge on any atom is -0.373 e. The van der Waals surface area contributed by atoms with Crippen molar-refractivity contribution in [1.82, 2.24) is 0 Å². The van der Waals surface area contributed by atoms with Crippen LogP contribution in [-0.4, -0.2) is 36.3 Å². The first-order chi connectivity index (χ1) is 8.44. The van der Waals surface area contributed by atoms with Gasteiger partial charge in [0, 0.05) is 11.8 Å². The molecule has 8 atom stereocenters. The predicted molar refractivity (Wildman–Crippen MR) is 50.3 cm³/mol. The van der Waals surface area contributed by atoms with E-state index in [1.54, 1.807) is 0 Å². The molecule has 98 valence electrons. The lowest BCUT2D eigenvalue weighted by Crippen LogP contribution is -2.72. The Labute approximate surface area is 99.9 Å². The van der Waals surface area contributed by atoms with Crippen molar-refractivity contribution in [2.24, 2.45) is 23.7 Å². The summed E-state index contributed by atoms with van der Waals surface area (Å²) in [5.41, 5.74) is 0. The highest BCUT2D eigenvalue weighted by Crippen LogP contribution is 2.73. The molecule has 4 heterocycles. The summed E-state index contributed by atoms with van der Waals surface area (Å²) in [6.07, 6.45) is 1.72. The Morgan fingerprint density at radius 1 is 0.722 bits per heavy atom.